The van der Waals surface area contributed by atoms with Crippen molar-refractivity contribution in [2.24, 2.45) is 0 Å². The first-order valence-corrected chi connectivity index (χ1v) is 10.4. The fourth-order valence-corrected chi connectivity index (χ4v) is 4.07. The number of aliphatic hydroxyl groups excluding tert-OH is 1. The van der Waals surface area contributed by atoms with Crippen LogP contribution in [0.25, 0.3) is 0 Å². The van der Waals surface area contributed by atoms with Gasteiger partial charge < -0.3 is 20.2 Å². The van der Waals surface area contributed by atoms with Crippen LogP contribution in [0.5, 0.6) is 0 Å². The Morgan fingerprint density at radius 3 is 2.44 bits per heavy atom. The van der Waals surface area contributed by atoms with E-state index in [9.17, 15) is 27.1 Å². The summed E-state index contributed by atoms with van der Waals surface area (Å²) in [5, 5.41) is 12.8. The van der Waals surface area contributed by atoms with Crippen LogP contribution < -0.4 is 15.1 Å². The topological polar surface area (TPSA) is 64.5 Å². The molecule has 2 N–H and O–H groups in total. The number of hydrogen-bond donors (Lipinski definition) is 2. The van der Waals surface area contributed by atoms with E-state index in [4.69, 9.17) is 0 Å². The number of hydrogen-bond acceptors (Lipinski definition) is 6. The number of rotatable bonds is 4. The Kier molecular flexibility index (Phi) is 6.11. The fraction of sp³-hybridized carbons (Fsp3) is 0.524. The Hall–Kier alpha value is -2.69. The molecule has 2 aromatic rings. The second-order valence-electron chi connectivity index (χ2n) is 8.23. The molecule has 2 aliphatic rings. The number of halogens is 5. The number of aromatic nitrogens is 2. The molecular weight excluding hydrogens is 433 g/mol. The molecule has 2 aliphatic heterocycles. The standard InChI is InChI=1S/C21H24F5N5O/c1-12-7-13(30-6-2-3-14(32)9-30)4-5-18(12)28-20-27-8-15(21(24,25)26)19(29-20)31-10-16(22)17(23)11-31/h4-5,7-8,14,16-17,32H,2-3,6,9-11H2,1H3,(H,27,28,29)/t14?,16-,17-/m0/s1. The van der Waals surface area contributed by atoms with E-state index in [0.29, 0.717) is 18.4 Å². The lowest BCUT2D eigenvalue weighted by Gasteiger charge is -2.32. The van der Waals surface area contributed by atoms with Gasteiger partial charge in [0.2, 0.25) is 5.95 Å². The SMILES string of the molecule is Cc1cc(N2CCCC(O)C2)ccc1Nc1ncc(C(F)(F)F)c(N2C[C@H](F)[C@@H](F)C2)n1. The second-order valence-corrected chi connectivity index (χ2v) is 8.23. The van der Waals surface area contributed by atoms with Crippen molar-refractivity contribution in [3.63, 3.8) is 0 Å². The molecule has 0 aliphatic carbocycles. The van der Waals surface area contributed by atoms with Crippen LogP contribution in [0.3, 0.4) is 0 Å². The highest BCUT2D eigenvalue weighted by Gasteiger charge is 2.41. The first-order chi connectivity index (χ1) is 15.1. The van der Waals surface area contributed by atoms with E-state index in [1.165, 1.54) is 0 Å². The maximum Gasteiger partial charge on any atom is 0.421 e. The molecule has 0 saturated carbocycles. The number of anilines is 4. The molecule has 11 heteroatoms. The summed E-state index contributed by atoms with van der Waals surface area (Å²) in [6.07, 6.45) is -6.59. The maximum atomic E-state index is 13.6. The van der Waals surface area contributed by atoms with Crippen molar-refractivity contribution in [3.8, 4) is 0 Å². The van der Waals surface area contributed by atoms with Gasteiger partial charge >= 0.3 is 6.18 Å². The Labute approximate surface area is 182 Å². The predicted molar refractivity (Wildman–Crippen MR) is 111 cm³/mol. The van der Waals surface area contributed by atoms with Gasteiger partial charge in [-0.1, -0.05) is 0 Å². The number of nitrogens with zero attached hydrogens (tertiary/aromatic N) is 4. The summed E-state index contributed by atoms with van der Waals surface area (Å²) in [5.74, 6) is -0.649. The maximum absolute atomic E-state index is 13.6. The predicted octanol–water partition coefficient (Wildman–Crippen LogP) is 4.00. The number of aryl methyl sites for hydroxylation is 1. The van der Waals surface area contributed by atoms with Crippen LogP contribution in [0.4, 0.5) is 45.1 Å². The van der Waals surface area contributed by atoms with E-state index in [2.05, 4.69) is 20.2 Å². The quantitative estimate of drug-likeness (QED) is 0.677. The van der Waals surface area contributed by atoms with Crippen molar-refractivity contribution in [3.05, 3.63) is 35.5 Å². The number of alkyl halides is 5. The number of aliphatic hydroxyl groups is 1. The van der Waals surface area contributed by atoms with Crippen molar-refractivity contribution < 1.29 is 27.1 Å². The van der Waals surface area contributed by atoms with Crippen LogP contribution >= 0.6 is 0 Å². The van der Waals surface area contributed by atoms with Gasteiger partial charge in [0, 0.05) is 30.7 Å². The van der Waals surface area contributed by atoms with Gasteiger partial charge in [-0.15, -0.1) is 0 Å². The Bertz CT molecular complexity index is 962. The third-order valence-electron chi connectivity index (χ3n) is 5.77. The summed E-state index contributed by atoms with van der Waals surface area (Å²) in [7, 11) is 0. The Balaban J connectivity index is 1.58. The van der Waals surface area contributed by atoms with Gasteiger partial charge in [0.15, 0.2) is 12.3 Å². The summed E-state index contributed by atoms with van der Waals surface area (Å²) in [5.41, 5.74) is 1.19. The summed E-state index contributed by atoms with van der Waals surface area (Å²) in [6, 6.07) is 5.52. The third kappa shape index (κ3) is 4.72. The minimum absolute atomic E-state index is 0.102. The van der Waals surface area contributed by atoms with E-state index in [1.54, 1.807) is 6.07 Å². The highest BCUT2D eigenvalue weighted by molar-refractivity contribution is 5.65. The molecule has 32 heavy (non-hydrogen) atoms. The number of β-amino-alcohol motifs (C(OH)–C–C–N with tert-alkyl or cyclic N) is 1. The Morgan fingerprint density at radius 2 is 1.81 bits per heavy atom. The van der Waals surface area contributed by atoms with Gasteiger partial charge in [0.05, 0.1) is 19.2 Å². The van der Waals surface area contributed by atoms with Gasteiger partial charge in [-0.2, -0.15) is 18.2 Å². The van der Waals surface area contributed by atoms with Crippen LogP contribution in [0, 0.1) is 6.92 Å². The van der Waals surface area contributed by atoms with Crippen molar-refractivity contribution >= 4 is 23.1 Å². The normalized spacial score (nSPS) is 24.2. The van der Waals surface area contributed by atoms with Gasteiger partial charge in [-0.25, -0.2) is 13.8 Å². The van der Waals surface area contributed by atoms with Gasteiger partial charge in [-0.3, -0.25) is 0 Å². The van der Waals surface area contributed by atoms with Crippen molar-refractivity contribution in [2.75, 3.05) is 41.3 Å². The van der Waals surface area contributed by atoms with Crippen LogP contribution in [0.15, 0.2) is 24.4 Å². The largest absolute Gasteiger partial charge is 0.421 e. The lowest BCUT2D eigenvalue weighted by atomic mass is 10.1. The zero-order valence-electron chi connectivity index (χ0n) is 17.4. The van der Waals surface area contributed by atoms with Gasteiger partial charge in [-0.05, 0) is 43.5 Å². The number of piperidine rings is 1. The van der Waals surface area contributed by atoms with E-state index < -0.39 is 43.0 Å². The zero-order valence-corrected chi connectivity index (χ0v) is 17.4. The first-order valence-electron chi connectivity index (χ1n) is 10.4. The molecule has 2 fully saturated rings. The molecule has 1 unspecified atom stereocenters. The lowest BCUT2D eigenvalue weighted by molar-refractivity contribution is -0.137. The molecule has 2 saturated heterocycles. The highest BCUT2D eigenvalue weighted by atomic mass is 19.4. The molecule has 6 nitrogen and oxygen atoms in total. The summed E-state index contributed by atoms with van der Waals surface area (Å²) >= 11 is 0. The van der Waals surface area contributed by atoms with Crippen LogP contribution in [0.2, 0.25) is 0 Å². The molecule has 3 heterocycles. The van der Waals surface area contributed by atoms with Crippen LogP contribution in [0.1, 0.15) is 24.0 Å². The molecule has 4 rings (SSSR count). The average molecular weight is 457 g/mol. The first kappa shape index (κ1) is 22.5. The zero-order chi connectivity index (χ0) is 23.0. The molecule has 0 spiro atoms. The van der Waals surface area contributed by atoms with Gasteiger partial charge in [0.25, 0.3) is 0 Å². The van der Waals surface area contributed by atoms with Crippen molar-refractivity contribution in [2.45, 2.75) is 44.4 Å². The van der Waals surface area contributed by atoms with Crippen LogP contribution in [-0.2, 0) is 6.18 Å². The second kappa shape index (κ2) is 8.68. The van der Waals surface area contributed by atoms with Crippen molar-refractivity contribution in [1.29, 1.82) is 0 Å². The monoisotopic (exact) mass is 457 g/mol. The molecule has 0 bridgehead atoms. The molecule has 0 radical (unpaired) electrons. The van der Waals surface area contributed by atoms with E-state index in [-0.39, 0.29) is 12.1 Å². The minimum atomic E-state index is -4.76. The Morgan fingerprint density at radius 1 is 1.09 bits per heavy atom. The molecule has 0 amide bonds. The van der Waals surface area contributed by atoms with E-state index in [1.807, 2.05) is 19.1 Å². The number of nitrogens with one attached hydrogen (secondary N) is 1. The van der Waals surface area contributed by atoms with E-state index >= 15 is 0 Å². The smallest absolute Gasteiger partial charge is 0.391 e. The average Bonchev–Trinajstić information content (AvgIpc) is 3.07. The number of benzene rings is 1. The third-order valence-corrected chi connectivity index (χ3v) is 5.77. The summed E-state index contributed by atoms with van der Waals surface area (Å²) < 4.78 is 67.5. The summed E-state index contributed by atoms with van der Waals surface area (Å²) in [6.45, 7) is 2.19. The minimum Gasteiger partial charge on any atom is -0.391 e. The molecule has 3 atom stereocenters. The van der Waals surface area contributed by atoms with E-state index in [0.717, 1.165) is 35.5 Å². The van der Waals surface area contributed by atoms with Gasteiger partial charge in [0.1, 0.15) is 11.4 Å². The highest BCUT2D eigenvalue weighted by Crippen LogP contribution is 2.37. The molecule has 174 valence electrons. The van der Waals surface area contributed by atoms with Crippen molar-refractivity contribution in [1.82, 2.24) is 9.97 Å². The summed E-state index contributed by atoms with van der Waals surface area (Å²) in [4.78, 5) is 10.8. The molecule has 1 aromatic heterocycles. The lowest BCUT2D eigenvalue weighted by Crippen LogP contribution is -2.38. The molecule has 1 aromatic carbocycles. The fourth-order valence-electron chi connectivity index (χ4n) is 4.07. The molecular formula is C21H24F5N5O. The van der Waals surface area contributed by atoms with Crippen LogP contribution in [-0.4, -0.2) is 59.7 Å².